The number of rotatable bonds is 2. The van der Waals surface area contributed by atoms with Crippen LogP contribution in [0.1, 0.15) is 11.4 Å². The zero-order chi connectivity index (χ0) is 8.27. The first-order valence-electron chi connectivity index (χ1n) is 3.42. The summed E-state index contributed by atoms with van der Waals surface area (Å²) in [5.41, 5.74) is 7.01. The minimum absolute atomic E-state index is 0.464. The van der Waals surface area contributed by atoms with Crippen molar-refractivity contribution in [1.82, 2.24) is 9.97 Å². The van der Waals surface area contributed by atoms with E-state index in [9.17, 15) is 0 Å². The molecule has 0 aliphatic carbocycles. The smallest absolute Gasteiger partial charge is 0.150 e. The summed E-state index contributed by atoms with van der Waals surface area (Å²) < 4.78 is 0. The molecule has 0 aliphatic heterocycles. The van der Waals surface area contributed by atoms with Crippen LogP contribution in [0, 0.1) is 6.92 Å². The molecule has 0 fully saturated rings. The molecule has 3 nitrogen and oxygen atoms in total. The lowest BCUT2D eigenvalue weighted by Crippen LogP contribution is -2.05. The molecular formula is C7H10ClN3. The second-order valence-electron chi connectivity index (χ2n) is 2.28. The van der Waals surface area contributed by atoms with Gasteiger partial charge in [0.05, 0.1) is 17.6 Å². The van der Waals surface area contributed by atoms with Crippen molar-refractivity contribution in [2.75, 3.05) is 6.54 Å². The highest BCUT2D eigenvalue weighted by Gasteiger charge is 1.98. The Labute approximate surface area is 70.6 Å². The predicted molar refractivity (Wildman–Crippen MR) is 44.5 cm³/mol. The molecule has 0 radical (unpaired) electrons. The third kappa shape index (κ3) is 2.13. The van der Waals surface area contributed by atoms with Crippen molar-refractivity contribution in [2.24, 2.45) is 5.73 Å². The van der Waals surface area contributed by atoms with Gasteiger partial charge >= 0.3 is 0 Å². The van der Waals surface area contributed by atoms with E-state index in [1.165, 1.54) is 0 Å². The Balaban J connectivity index is 2.86. The molecule has 0 saturated heterocycles. The van der Waals surface area contributed by atoms with Gasteiger partial charge in [-0.15, -0.1) is 0 Å². The van der Waals surface area contributed by atoms with Gasteiger partial charge in [-0.25, -0.2) is 4.98 Å². The molecule has 1 aromatic heterocycles. The van der Waals surface area contributed by atoms with E-state index in [2.05, 4.69) is 9.97 Å². The van der Waals surface area contributed by atoms with Crippen molar-refractivity contribution in [3.05, 3.63) is 22.7 Å². The van der Waals surface area contributed by atoms with E-state index in [-0.39, 0.29) is 0 Å². The van der Waals surface area contributed by atoms with E-state index in [0.29, 0.717) is 11.7 Å². The number of halogens is 1. The fraction of sp³-hybridized carbons (Fsp3) is 0.429. The van der Waals surface area contributed by atoms with Crippen molar-refractivity contribution in [3.63, 3.8) is 0 Å². The van der Waals surface area contributed by atoms with Gasteiger partial charge in [-0.1, -0.05) is 11.6 Å². The summed E-state index contributed by atoms with van der Waals surface area (Å²) in [6.07, 6.45) is 2.41. The van der Waals surface area contributed by atoms with Gasteiger partial charge in [-0.3, -0.25) is 4.98 Å². The molecule has 4 heteroatoms. The fourth-order valence-electron chi connectivity index (χ4n) is 0.783. The SMILES string of the molecule is Cc1nc(CCN)cnc1Cl. The lowest BCUT2D eigenvalue weighted by molar-refractivity contribution is 0.894. The average molecular weight is 172 g/mol. The third-order valence-electron chi connectivity index (χ3n) is 1.34. The normalized spacial score (nSPS) is 10.1. The first-order chi connectivity index (χ1) is 5.24. The predicted octanol–water partition coefficient (Wildman–Crippen LogP) is 0.940. The molecule has 0 spiro atoms. The summed E-state index contributed by atoms with van der Waals surface area (Å²) >= 11 is 5.68. The third-order valence-corrected chi connectivity index (χ3v) is 1.71. The van der Waals surface area contributed by atoms with Gasteiger partial charge in [0, 0.05) is 6.42 Å². The summed E-state index contributed by atoms with van der Waals surface area (Å²) in [4.78, 5) is 8.13. The summed E-state index contributed by atoms with van der Waals surface area (Å²) in [6.45, 7) is 2.42. The summed E-state index contributed by atoms with van der Waals surface area (Å²) in [7, 11) is 0. The van der Waals surface area contributed by atoms with E-state index >= 15 is 0 Å². The summed E-state index contributed by atoms with van der Waals surface area (Å²) in [6, 6.07) is 0. The van der Waals surface area contributed by atoms with Crippen molar-refractivity contribution < 1.29 is 0 Å². The van der Waals surface area contributed by atoms with E-state index in [1.807, 2.05) is 6.92 Å². The molecule has 0 atom stereocenters. The van der Waals surface area contributed by atoms with Gasteiger partial charge in [0.2, 0.25) is 0 Å². The highest BCUT2D eigenvalue weighted by atomic mass is 35.5. The number of aromatic nitrogens is 2. The lowest BCUT2D eigenvalue weighted by atomic mass is 10.3. The molecule has 0 aromatic carbocycles. The molecule has 1 rings (SSSR count). The molecule has 0 amide bonds. The van der Waals surface area contributed by atoms with Gasteiger partial charge in [0.25, 0.3) is 0 Å². The van der Waals surface area contributed by atoms with Gasteiger partial charge in [-0.2, -0.15) is 0 Å². The summed E-state index contributed by atoms with van der Waals surface area (Å²) in [5, 5.41) is 0.464. The van der Waals surface area contributed by atoms with Crippen LogP contribution in [0.15, 0.2) is 6.20 Å². The Bertz CT molecular complexity index is 249. The average Bonchev–Trinajstić information content (AvgIpc) is 1.98. The van der Waals surface area contributed by atoms with Crippen LogP contribution < -0.4 is 5.73 Å². The van der Waals surface area contributed by atoms with E-state index in [0.717, 1.165) is 17.8 Å². The highest BCUT2D eigenvalue weighted by molar-refractivity contribution is 6.29. The number of nitrogens with zero attached hydrogens (tertiary/aromatic N) is 2. The molecule has 1 heterocycles. The Hall–Kier alpha value is -0.670. The first-order valence-corrected chi connectivity index (χ1v) is 3.80. The zero-order valence-electron chi connectivity index (χ0n) is 6.34. The molecule has 60 valence electrons. The number of aryl methyl sites for hydroxylation is 1. The fourth-order valence-corrected chi connectivity index (χ4v) is 0.874. The van der Waals surface area contributed by atoms with Gasteiger partial charge in [0.15, 0.2) is 0 Å². The zero-order valence-corrected chi connectivity index (χ0v) is 7.10. The van der Waals surface area contributed by atoms with Crippen molar-refractivity contribution >= 4 is 11.6 Å². The van der Waals surface area contributed by atoms with Crippen LogP contribution in [0.2, 0.25) is 5.15 Å². The van der Waals surface area contributed by atoms with Crippen LogP contribution >= 0.6 is 11.6 Å². The van der Waals surface area contributed by atoms with Gasteiger partial charge < -0.3 is 5.73 Å². The second-order valence-corrected chi connectivity index (χ2v) is 2.63. The van der Waals surface area contributed by atoms with Gasteiger partial charge in [-0.05, 0) is 13.5 Å². The molecule has 1 aromatic rings. The molecule has 0 aliphatic rings. The maximum atomic E-state index is 5.68. The standard InChI is InChI=1S/C7H10ClN3/c1-5-7(8)10-4-6(11-5)2-3-9/h4H,2-3,9H2,1H3. The Morgan fingerprint density at radius 3 is 2.91 bits per heavy atom. The van der Waals surface area contributed by atoms with Crippen LogP contribution in [0.3, 0.4) is 0 Å². The molecular weight excluding hydrogens is 162 g/mol. The minimum Gasteiger partial charge on any atom is -0.330 e. The Kier molecular flexibility index (Phi) is 2.79. The number of hydrogen-bond donors (Lipinski definition) is 1. The molecule has 0 saturated carbocycles. The highest BCUT2D eigenvalue weighted by Crippen LogP contribution is 2.08. The van der Waals surface area contributed by atoms with Crippen LogP contribution in [0.4, 0.5) is 0 Å². The van der Waals surface area contributed by atoms with Crippen LogP contribution in [0.5, 0.6) is 0 Å². The Morgan fingerprint density at radius 1 is 1.64 bits per heavy atom. The van der Waals surface area contributed by atoms with Crippen LogP contribution in [0.25, 0.3) is 0 Å². The quantitative estimate of drug-likeness (QED) is 0.721. The van der Waals surface area contributed by atoms with Gasteiger partial charge in [0.1, 0.15) is 5.15 Å². The largest absolute Gasteiger partial charge is 0.330 e. The lowest BCUT2D eigenvalue weighted by Gasteiger charge is -1.99. The second kappa shape index (κ2) is 3.64. The molecule has 0 bridgehead atoms. The number of hydrogen-bond acceptors (Lipinski definition) is 3. The number of nitrogens with two attached hydrogens (primary N) is 1. The molecule has 0 unspecified atom stereocenters. The summed E-state index contributed by atoms with van der Waals surface area (Å²) in [5.74, 6) is 0. The molecule has 2 N–H and O–H groups in total. The van der Waals surface area contributed by atoms with Crippen LogP contribution in [-0.4, -0.2) is 16.5 Å². The maximum absolute atomic E-state index is 5.68. The van der Waals surface area contributed by atoms with Crippen molar-refractivity contribution in [1.29, 1.82) is 0 Å². The maximum Gasteiger partial charge on any atom is 0.150 e. The van der Waals surface area contributed by atoms with E-state index in [1.54, 1.807) is 6.20 Å². The monoisotopic (exact) mass is 171 g/mol. The topological polar surface area (TPSA) is 51.8 Å². The minimum atomic E-state index is 0.464. The van der Waals surface area contributed by atoms with Crippen molar-refractivity contribution in [3.8, 4) is 0 Å². The Morgan fingerprint density at radius 2 is 2.36 bits per heavy atom. The molecule has 11 heavy (non-hydrogen) atoms. The first kappa shape index (κ1) is 8.43. The van der Waals surface area contributed by atoms with E-state index in [4.69, 9.17) is 17.3 Å². The van der Waals surface area contributed by atoms with E-state index < -0.39 is 0 Å². The van der Waals surface area contributed by atoms with Crippen molar-refractivity contribution in [2.45, 2.75) is 13.3 Å². The van der Waals surface area contributed by atoms with Crippen LogP contribution in [-0.2, 0) is 6.42 Å².